The lowest BCUT2D eigenvalue weighted by Gasteiger charge is -2.28. The summed E-state index contributed by atoms with van der Waals surface area (Å²) >= 11 is 0. The van der Waals surface area contributed by atoms with Crippen LogP contribution in [-0.4, -0.2) is 51.7 Å². The van der Waals surface area contributed by atoms with Crippen molar-refractivity contribution in [2.75, 3.05) is 20.1 Å². The highest BCUT2D eigenvalue weighted by atomic mass is 16.1. The molecule has 5 rings (SSSR count). The van der Waals surface area contributed by atoms with Gasteiger partial charge in [0.2, 0.25) is 5.91 Å². The Labute approximate surface area is 266 Å². The van der Waals surface area contributed by atoms with Gasteiger partial charge in [-0.1, -0.05) is 52.7 Å². The number of amides is 1. The number of unbranched alkanes of at least 4 members (excludes halogenated alkanes) is 3. The summed E-state index contributed by atoms with van der Waals surface area (Å²) < 4.78 is 0. The number of aromatic nitrogens is 3. The van der Waals surface area contributed by atoms with E-state index in [4.69, 9.17) is 0 Å². The van der Waals surface area contributed by atoms with Gasteiger partial charge in [0, 0.05) is 42.8 Å². The number of nitrogens with two attached hydrogens (primary N) is 1. The molecule has 1 saturated carbocycles. The quantitative estimate of drug-likeness (QED) is 0.181. The molecule has 1 aliphatic carbocycles. The molecule has 44 heavy (non-hydrogen) atoms. The highest BCUT2D eigenvalue weighted by Crippen LogP contribution is 2.53. The Balaban J connectivity index is 0.000000465. The fraction of sp³-hybridized carbons (Fsp3) is 0.568. The van der Waals surface area contributed by atoms with E-state index >= 15 is 0 Å². The number of ketones is 1. The highest BCUT2D eigenvalue weighted by Gasteiger charge is 2.43. The number of terminal acetylenes is 1. The molecule has 1 aliphatic heterocycles. The first kappa shape index (κ1) is 38.5. The maximum absolute atomic E-state index is 11.3. The van der Waals surface area contributed by atoms with Crippen molar-refractivity contribution >= 4 is 22.6 Å². The second-order valence-corrected chi connectivity index (χ2v) is 11.5. The van der Waals surface area contributed by atoms with E-state index in [9.17, 15) is 9.59 Å². The van der Waals surface area contributed by atoms with Gasteiger partial charge < -0.3 is 15.6 Å². The minimum absolute atomic E-state index is 0.333. The zero-order valence-electron chi connectivity index (χ0n) is 28.3. The second-order valence-electron chi connectivity index (χ2n) is 11.5. The van der Waals surface area contributed by atoms with Crippen LogP contribution < -0.4 is 5.73 Å². The number of carbonyl (C=O) groups is 2. The molecule has 0 atom stereocenters. The van der Waals surface area contributed by atoms with Crippen molar-refractivity contribution in [2.45, 2.75) is 112 Å². The molecule has 0 bridgehead atoms. The molecule has 3 aromatic rings. The average molecular weight is 604 g/mol. The van der Waals surface area contributed by atoms with Gasteiger partial charge in [0.05, 0.1) is 17.4 Å². The summed E-state index contributed by atoms with van der Waals surface area (Å²) in [6, 6.07) is 10.6. The predicted molar refractivity (Wildman–Crippen MR) is 185 cm³/mol. The van der Waals surface area contributed by atoms with Crippen molar-refractivity contribution in [1.29, 1.82) is 0 Å². The zero-order chi connectivity index (χ0) is 33.0. The Morgan fingerprint density at radius 2 is 1.61 bits per heavy atom. The monoisotopic (exact) mass is 603 g/mol. The summed E-state index contributed by atoms with van der Waals surface area (Å²) in [5, 5.41) is 1.16. The zero-order valence-corrected chi connectivity index (χ0v) is 28.3. The number of fused-ring (bicyclic) bond motifs is 1. The minimum Gasteiger partial charge on any atom is -0.370 e. The molecule has 0 radical (unpaired) electrons. The Hall–Kier alpha value is -3.50. The molecule has 2 aromatic heterocycles. The number of pyridine rings is 1. The van der Waals surface area contributed by atoms with Crippen LogP contribution in [0.4, 0.5) is 0 Å². The standard InChI is InChI=1S/C23H29N3O.C8H15N.C2H5NO.C2H6.C2H2/c1-3-19-13-11-17-15-18(12-14-21(17)25-19)22-16-24-23(26-22)10-8-6-5-7-9-20(27)4-2;1-9-6-4-8(2-3-8)5-7-9;1-2(3)4;2*1-2/h11-16H,3-10H2,1-2H3,(H,24,26);2-7H2,1H3;1H3,(H2,3,4);1-2H3;1-2H. The number of benzene rings is 1. The smallest absolute Gasteiger partial charge is 0.214 e. The van der Waals surface area contributed by atoms with Crippen molar-refractivity contribution < 1.29 is 9.59 Å². The number of H-pyrrole nitrogens is 1. The van der Waals surface area contributed by atoms with E-state index in [1.165, 1.54) is 45.7 Å². The molecule has 2 aliphatic rings. The third-order valence-corrected chi connectivity index (χ3v) is 8.07. The topological polar surface area (TPSA) is 105 Å². The summed E-state index contributed by atoms with van der Waals surface area (Å²) in [6.45, 7) is 12.1. The Bertz CT molecular complexity index is 1260. The Morgan fingerprint density at radius 3 is 2.20 bits per heavy atom. The number of nitrogens with zero attached hydrogens (tertiary/aromatic N) is 3. The fourth-order valence-electron chi connectivity index (χ4n) is 5.08. The lowest BCUT2D eigenvalue weighted by Crippen LogP contribution is -2.30. The summed E-state index contributed by atoms with van der Waals surface area (Å²) in [4.78, 5) is 35.6. The summed E-state index contributed by atoms with van der Waals surface area (Å²) in [5.41, 5.74) is 9.70. The molecule has 7 nitrogen and oxygen atoms in total. The van der Waals surface area contributed by atoms with E-state index in [0.717, 1.165) is 84.0 Å². The van der Waals surface area contributed by atoms with Crippen LogP contribution in [0.15, 0.2) is 36.5 Å². The normalized spacial score (nSPS) is 14.4. The third kappa shape index (κ3) is 14.3. The Kier molecular flexibility index (Phi) is 18.6. The maximum Gasteiger partial charge on any atom is 0.214 e. The maximum atomic E-state index is 11.3. The van der Waals surface area contributed by atoms with Crippen LogP contribution in [0.25, 0.3) is 22.2 Å². The average Bonchev–Trinajstić information content (AvgIpc) is 3.64. The van der Waals surface area contributed by atoms with E-state index in [1.807, 2.05) is 27.0 Å². The van der Waals surface area contributed by atoms with Gasteiger partial charge in [-0.2, -0.15) is 0 Å². The van der Waals surface area contributed by atoms with E-state index in [1.54, 1.807) is 0 Å². The van der Waals surface area contributed by atoms with Gasteiger partial charge >= 0.3 is 0 Å². The van der Waals surface area contributed by atoms with Crippen LogP contribution in [0.3, 0.4) is 0 Å². The number of nitrogens with one attached hydrogen (secondary N) is 1. The molecule has 3 heterocycles. The first-order valence-electron chi connectivity index (χ1n) is 16.5. The number of piperidine rings is 1. The van der Waals surface area contributed by atoms with Gasteiger partial charge in [-0.05, 0) is 88.7 Å². The van der Waals surface area contributed by atoms with Crippen molar-refractivity contribution in [1.82, 2.24) is 19.9 Å². The molecule has 7 heteroatoms. The minimum atomic E-state index is -0.333. The Morgan fingerprint density at radius 1 is 0.977 bits per heavy atom. The molecule has 1 spiro atoms. The number of aryl methyl sites for hydroxylation is 2. The van der Waals surface area contributed by atoms with Gasteiger partial charge in [0.25, 0.3) is 0 Å². The van der Waals surface area contributed by atoms with Gasteiger partial charge in [0.1, 0.15) is 11.6 Å². The molecule has 242 valence electrons. The van der Waals surface area contributed by atoms with Crippen LogP contribution in [0.2, 0.25) is 0 Å². The fourth-order valence-corrected chi connectivity index (χ4v) is 5.08. The van der Waals surface area contributed by atoms with Gasteiger partial charge in [-0.15, -0.1) is 12.8 Å². The van der Waals surface area contributed by atoms with Crippen molar-refractivity contribution in [3.63, 3.8) is 0 Å². The number of likely N-dealkylation sites (tertiary alicyclic amines) is 1. The summed E-state index contributed by atoms with van der Waals surface area (Å²) in [7, 11) is 2.23. The SMILES string of the molecule is C#C.CC.CC(N)=O.CCC(=O)CCCCCCc1ncc(-c2ccc3nc(CC)ccc3c2)[nH]1.CN1CCC2(CC1)CC2. The van der Waals surface area contributed by atoms with Crippen LogP contribution in [0, 0.1) is 18.3 Å². The summed E-state index contributed by atoms with van der Waals surface area (Å²) in [6.07, 6.45) is 23.6. The van der Waals surface area contributed by atoms with Crippen molar-refractivity contribution in [2.24, 2.45) is 11.1 Å². The number of imidazole rings is 1. The predicted octanol–water partition coefficient (Wildman–Crippen LogP) is 7.92. The molecule has 1 amide bonds. The van der Waals surface area contributed by atoms with Gasteiger partial charge in [-0.25, -0.2) is 4.98 Å². The number of hydrogen-bond donors (Lipinski definition) is 2. The van der Waals surface area contributed by atoms with Crippen LogP contribution >= 0.6 is 0 Å². The lowest BCUT2D eigenvalue weighted by atomic mass is 9.94. The van der Waals surface area contributed by atoms with Crippen LogP contribution in [0.1, 0.15) is 110 Å². The molecular formula is C37H57N5O2. The molecular weight excluding hydrogens is 546 g/mol. The number of Topliss-reactive ketones (excluding diaryl/α,β-unsaturated/α-hetero) is 1. The number of aromatic amines is 1. The van der Waals surface area contributed by atoms with E-state index in [0.29, 0.717) is 12.2 Å². The highest BCUT2D eigenvalue weighted by molar-refractivity contribution is 5.83. The molecule has 1 saturated heterocycles. The second kappa shape index (κ2) is 21.2. The van der Waals surface area contributed by atoms with E-state index in [2.05, 4.69) is 82.7 Å². The third-order valence-electron chi connectivity index (χ3n) is 8.07. The number of hydrogen-bond acceptors (Lipinski definition) is 5. The first-order valence-corrected chi connectivity index (χ1v) is 16.5. The molecule has 0 unspecified atom stereocenters. The number of carbonyl (C=O) groups excluding carboxylic acids is 2. The molecule has 3 N–H and O–H groups in total. The molecule has 1 aromatic carbocycles. The van der Waals surface area contributed by atoms with E-state index < -0.39 is 0 Å². The number of rotatable bonds is 10. The van der Waals surface area contributed by atoms with Crippen LogP contribution in [0.5, 0.6) is 0 Å². The van der Waals surface area contributed by atoms with E-state index in [-0.39, 0.29) is 5.91 Å². The van der Waals surface area contributed by atoms with Gasteiger partial charge in [0.15, 0.2) is 0 Å². The largest absolute Gasteiger partial charge is 0.370 e. The molecule has 2 fully saturated rings. The van der Waals surface area contributed by atoms with Crippen molar-refractivity contribution in [3.05, 3.63) is 48.0 Å². The first-order chi connectivity index (χ1) is 21.2. The lowest BCUT2D eigenvalue weighted by molar-refractivity contribution is -0.119. The van der Waals surface area contributed by atoms with Gasteiger partial charge in [-0.3, -0.25) is 14.6 Å². The van der Waals surface area contributed by atoms with Crippen molar-refractivity contribution in [3.8, 4) is 24.1 Å². The number of primary amides is 1. The summed E-state index contributed by atoms with van der Waals surface area (Å²) in [5.74, 6) is 1.08. The van der Waals surface area contributed by atoms with Crippen LogP contribution in [-0.2, 0) is 22.4 Å².